The molecule has 1 aromatic rings. The van der Waals surface area contributed by atoms with Gasteiger partial charge in [-0.1, -0.05) is 12.1 Å². The number of carbonyl (C=O) groups excluding carboxylic acids is 1. The summed E-state index contributed by atoms with van der Waals surface area (Å²) >= 11 is 0. The molecule has 29 heavy (non-hydrogen) atoms. The van der Waals surface area contributed by atoms with E-state index in [1.807, 2.05) is 5.32 Å². The van der Waals surface area contributed by atoms with Crippen LogP contribution in [0.25, 0.3) is 0 Å². The van der Waals surface area contributed by atoms with Crippen LogP contribution in [0.4, 0.5) is 18.0 Å². The fourth-order valence-corrected chi connectivity index (χ4v) is 3.44. The third kappa shape index (κ3) is 7.00. The van der Waals surface area contributed by atoms with Crippen LogP contribution in [-0.2, 0) is 20.1 Å². The fraction of sp³-hybridized carbons (Fsp3) is 0.500. The number of nitrogens with one attached hydrogen (secondary N) is 1. The van der Waals surface area contributed by atoms with E-state index >= 15 is 0 Å². The van der Waals surface area contributed by atoms with E-state index in [2.05, 4.69) is 4.52 Å². The minimum Gasteiger partial charge on any atom is -0.465 e. The molecule has 1 atom stereocenters. The predicted molar refractivity (Wildman–Crippen MR) is 92.9 cm³/mol. The van der Waals surface area contributed by atoms with Crippen LogP contribution in [0.3, 0.4) is 0 Å². The highest BCUT2D eigenvalue weighted by molar-refractivity contribution is 7.46. The molecule has 0 aromatic heterocycles. The van der Waals surface area contributed by atoms with Gasteiger partial charge in [-0.3, -0.25) is 9.32 Å². The van der Waals surface area contributed by atoms with Gasteiger partial charge in [-0.05, 0) is 36.5 Å². The first-order valence-electron chi connectivity index (χ1n) is 8.52. The molecule has 13 heteroatoms. The van der Waals surface area contributed by atoms with E-state index in [1.54, 1.807) is 0 Å². The van der Waals surface area contributed by atoms with E-state index in [9.17, 15) is 27.3 Å². The minimum absolute atomic E-state index is 0.0708. The number of nitrogens with zero attached hydrogens (tertiary/aromatic N) is 1. The molecular weight excluding hydrogens is 420 g/mol. The van der Waals surface area contributed by atoms with Gasteiger partial charge < -0.3 is 25.1 Å². The Kier molecular flexibility index (Phi) is 7.28. The van der Waals surface area contributed by atoms with Gasteiger partial charge in [0.25, 0.3) is 0 Å². The summed E-state index contributed by atoms with van der Waals surface area (Å²) in [4.78, 5) is 42.1. The highest BCUT2D eigenvalue weighted by atomic mass is 31.2. The van der Waals surface area contributed by atoms with Gasteiger partial charge in [0.05, 0.1) is 12.2 Å². The lowest BCUT2D eigenvalue weighted by molar-refractivity contribution is -0.137. The van der Waals surface area contributed by atoms with Crippen molar-refractivity contribution < 1.29 is 46.7 Å². The highest BCUT2D eigenvalue weighted by Crippen LogP contribution is 2.36. The van der Waals surface area contributed by atoms with E-state index < -0.39 is 44.2 Å². The van der Waals surface area contributed by atoms with Gasteiger partial charge in [0.15, 0.2) is 0 Å². The molecule has 0 bridgehead atoms. The summed E-state index contributed by atoms with van der Waals surface area (Å²) in [7, 11) is -4.89. The number of carbonyl (C=O) groups is 2. The van der Waals surface area contributed by atoms with Crippen molar-refractivity contribution in [3.8, 4) is 0 Å². The third-order valence-corrected chi connectivity index (χ3v) is 5.01. The number of carboxylic acid groups (broad SMARTS) is 1. The summed E-state index contributed by atoms with van der Waals surface area (Å²) in [5.41, 5.74) is -0.0448. The Hall–Kier alpha value is -2.14. The lowest BCUT2D eigenvalue weighted by Crippen LogP contribution is -2.52. The average Bonchev–Trinajstić information content (AvgIpc) is 2.63. The van der Waals surface area contributed by atoms with Crippen molar-refractivity contribution in [1.29, 1.82) is 0 Å². The number of hydrogen-bond acceptors (Lipinski definition) is 4. The quantitative estimate of drug-likeness (QED) is 0.498. The number of phosphoric ester groups is 1. The summed E-state index contributed by atoms with van der Waals surface area (Å²) in [6.07, 6.45) is -5.10. The number of amides is 2. The van der Waals surface area contributed by atoms with Gasteiger partial charge in [-0.2, -0.15) is 13.2 Å². The number of halogens is 3. The predicted octanol–water partition coefficient (Wildman–Crippen LogP) is 2.16. The molecule has 9 nitrogen and oxygen atoms in total. The largest absolute Gasteiger partial charge is 0.469 e. The molecule has 1 unspecified atom stereocenters. The van der Waals surface area contributed by atoms with Crippen LogP contribution in [0.5, 0.6) is 0 Å². The van der Waals surface area contributed by atoms with Crippen molar-refractivity contribution in [2.24, 2.45) is 0 Å². The molecule has 0 saturated carbocycles. The van der Waals surface area contributed by atoms with E-state index in [0.717, 1.165) is 12.1 Å². The molecule has 4 N–H and O–H groups in total. The van der Waals surface area contributed by atoms with Crippen molar-refractivity contribution in [3.05, 3.63) is 35.4 Å². The average molecular weight is 440 g/mol. The van der Waals surface area contributed by atoms with Crippen LogP contribution < -0.4 is 5.32 Å². The minimum atomic E-state index is -4.89. The zero-order valence-electron chi connectivity index (χ0n) is 15.0. The number of phosphoric acid groups is 1. The van der Waals surface area contributed by atoms with Gasteiger partial charge >= 0.3 is 20.1 Å². The van der Waals surface area contributed by atoms with Gasteiger partial charge in [-0.25, -0.2) is 9.36 Å². The molecule has 1 saturated heterocycles. The van der Waals surface area contributed by atoms with Crippen molar-refractivity contribution in [3.63, 3.8) is 0 Å². The maximum absolute atomic E-state index is 12.7. The molecular formula is C16H20F3N2O7P. The van der Waals surface area contributed by atoms with E-state index in [4.69, 9.17) is 14.9 Å². The number of alkyl halides is 3. The van der Waals surface area contributed by atoms with Crippen molar-refractivity contribution in [2.45, 2.75) is 31.0 Å². The fourth-order valence-electron chi connectivity index (χ4n) is 3.09. The Bertz CT molecular complexity index is 774. The molecule has 1 aliphatic heterocycles. The van der Waals surface area contributed by atoms with Gasteiger partial charge in [0.1, 0.15) is 6.04 Å². The monoisotopic (exact) mass is 440 g/mol. The van der Waals surface area contributed by atoms with Crippen LogP contribution >= 0.6 is 7.82 Å². The summed E-state index contributed by atoms with van der Waals surface area (Å²) in [5.74, 6) is -0.773. The summed E-state index contributed by atoms with van der Waals surface area (Å²) in [6.45, 7) is -0.426. The molecule has 1 aliphatic rings. The maximum Gasteiger partial charge on any atom is 0.469 e. The first-order valence-corrected chi connectivity index (χ1v) is 10.1. The van der Waals surface area contributed by atoms with Crippen LogP contribution in [0.15, 0.2) is 24.3 Å². The number of benzene rings is 1. The summed E-state index contributed by atoms with van der Waals surface area (Å²) < 4.78 is 53.0. The lowest BCUT2D eigenvalue weighted by atomic mass is 9.88. The Morgan fingerprint density at radius 2 is 1.76 bits per heavy atom. The normalized spacial score (nSPS) is 17.1. The first kappa shape index (κ1) is 23.1. The molecule has 0 spiro atoms. The van der Waals surface area contributed by atoms with Gasteiger partial charge in [-0.15, -0.1) is 0 Å². The first-order chi connectivity index (χ1) is 13.4. The molecule has 0 radical (unpaired) electrons. The smallest absolute Gasteiger partial charge is 0.465 e. The second-order valence-corrected chi connectivity index (χ2v) is 7.75. The number of hydrogen-bond donors (Lipinski definition) is 4. The number of piperidine rings is 1. The maximum atomic E-state index is 12.7. The summed E-state index contributed by atoms with van der Waals surface area (Å²) in [5, 5.41) is 10.7. The van der Waals surface area contributed by atoms with E-state index in [1.165, 1.54) is 17.0 Å². The molecule has 2 rings (SSSR count). The second-order valence-electron chi connectivity index (χ2n) is 6.51. The Morgan fingerprint density at radius 3 is 2.21 bits per heavy atom. The zero-order valence-corrected chi connectivity index (χ0v) is 15.9. The molecule has 162 valence electrons. The third-order valence-electron chi connectivity index (χ3n) is 4.52. The van der Waals surface area contributed by atoms with Crippen LogP contribution in [0, 0.1) is 0 Å². The Morgan fingerprint density at radius 1 is 1.21 bits per heavy atom. The van der Waals surface area contributed by atoms with Crippen molar-refractivity contribution in [1.82, 2.24) is 10.2 Å². The molecule has 0 aliphatic carbocycles. The topological polar surface area (TPSA) is 136 Å². The van der Waals surface area contributed by atoms with Gasteiger partial charge in [0.2, 0.25) is 5.91 Å². The van der Waals surface area contributed by atoms with E-state index in [0.29, 0.717) is 18.4 Å². The van der Waals surface area contributed by atoms with Crippen molar-refractivity contribution >= 4 is 19.8 Å². The molecule has 1 aromatic carbocycles. The van der Waals surface area contributed by atoms with Crippen LogP contribution in [0.2, 0.25) is 0 Å². The summed E-state index contributed by atoms with van der Waals surface area (Å²) in [6, 6.07) is 3.29. The second kappa shape index (κ2) is 9.12. The zero-order chi connectivity index (χ0) is 21.8. The van der Waals surface area contributed by atoms with E-state index in [-0.39, 0.29) is 19.0 Å². The van der Waals surface area contributed by atoms with Crippen LogP contribution in [0.1, 0.15) is 29.9 Å². The number of rotatable bonds is 6. The molecule has 1 heterocycles. The number of likely N-dealkylation sites (tertiary alicyclic amines) is 1. The Balaban J connectivity index is 1.97. The highest BCUT2D eigenvalue weighted by Gasteiger charge is 2.33. The van der Waals surface area contributed by atoms with Crippen LogP contribution in [-0.4, -0.2) is 57.5 Å². The molecule has 2 amide bonds. The Labute approximate surface area is 163 Å². The SMILES string of the molecule is O=C(O)NC(COP(=O)(O)O)C(=O)N1CCC(c2ccc(C(F)(F)F)cc2)CC1. The lowest BCUT2D eigenvalue weighted by Gasteiger charge is -2.34. The standard InChI is InChI=1S/C16H20F3N2O7P/c17-16(18,19)12-3-1-10(2-4-12)11-5-7-21(8-6-11)14(22)13(20-15(23)24)9-28-29(25,26)27/h1-4,11,13,20H,5-9H2,(H,23,24)(H2,25,26,27). The van der Waals surface area contributed by atoms with Gasteiger partial charge in [0, 0.05) is 13.1 Å². The molecule has 1 fully saturated rings. The van der Waals surface area contributed by atoms with Crippen molar-refractivity contribution in [2.75, 3.05) is 19.7 Å².